The van der Waals surface area contributed by atoms with E-state index >= 15 is 0 Å². The summed E-state index contributed by atoms with van der Waals surface area (Å²) in [6.45, 7) is 6.44. The van der Waals surface area contributed by atoms with E-state index in [2.05, 4.69) is 19.2 Å². The molecule has 0 spiro atoms. The molecule has 1 aliphatic heterocycles. The van der Waals surface area contributed by atoms with E-state index in [9.17, 15) is 9.90 Å². The van der Waals surface area contributed by atoms with Crippen molar-refractivity contribution in [2.24, 2.45) is 0 Å². The molecule has 16 heavy (non-hydrogen) atoms. The van der Waals surface area contributed by atoms with E-state index in [1.54, 1.807) is 0 Å². The number of ether oxygens (including phenoxy) is 1. The van der Waals surface area contributed by atoms with Crippen molar-refractivity contribution in [3.8, 4) is 0 Å². The summed E-state index contributed by atoms with van der Waals surface area (Å²) in [6, 6.07) is 0.454. The van der Waals surface area contributed by atoms with Crippen LogP contribution in [0, 0.1) is 0 Å². The number of nitrogens with zero attached hydrogens (tertiary/aromatic N) is 1. The summed E-state index contributed by atoms with van der Waals surface area (Å²) >= 11 is 0. The summed E-state index contributed by atoms with van der Waals surface area (Å²) in [5.41, 5.74) is 0. The summed E-state index contributed by atoms with van der Waals surface area (Å²) < 4.78 is 5.35. The molecule has 0 aromatic carbocycles. The molecule has 1 aliphatic rings. The summed E-state index contributed by atoms with van der Waals surface area (Å²) in [4.78, 5) is 12.6. The van der Waals surface area contributed by atoms with Crippen molar-refractivity contribution in [2.45, 2.75) is 26.1 Å². The maximum absolute atomic E-state index is 11.2. The van der Waals surface area contributed by atoms with Gasteiger partial charge in [-0.1, -0.05) is 13.8 Å². The van der Waals surface area contributed by atoms with E-state index < -0.39 is 6.23 Å². The molecule has 1 amide bonds. The van der Waals surface area contributed by atoms with Crippen LogP contribution in [0.1, 0.15) is 13.8 Å². The lowest BCUT2D eigenvalue weighted by molar-refractivity contribution is -0.131. The largest absolute Gasteiger partial charge is 0.378 e. The first-order valence-electron chi connectivity index (χ1n) is 5.59. The van der Waals surface area contributed by atoms with Crippen molar-refractivity contribution in [3.05, 3.63) is 12.2 Å². The molecule has 0 radical (unpaired) electrons. The van der Waals surface area contributed by atoms with Gasteiger partial charge in [-0.2, -0.15) is 0 Å². The lowest BCUT2D eigenvalue weighted by Crippen LogP contribution is -2.36. The molecule has 5 heteroatoms. The van der Waals surface area contributed by atoms with Gasteiger partial charge in [-0.05, 0) is 6.08 Å². The Morgan fingerprint density at radius 1 is 1.56 bits per heavy atom. The van der Waals surface area contributed by atoms with Crippen molar-refractivity contribution >= 4 is 5.91 Å². The molecule has 0 saturated heterocycles. The summed E-state index contributed by atoms with van der Waals surface area (Å²) in [6.07, 6.45) is 2.07. The third kappa shape index (κ3) is 4.30. The summed E-state index contributed by atoms with van der Waals surface area (Å²) in [7, 11) is 0. The Morgan fingerprint density at radius 2 is 2.31 bits per heavy atom. The van der Waals surface area contributed by atoms with E-state index in [1.165, 1.54) is 17.1 Å². The molecular weight excluding hydrogens is 208 g/mol. The Labute approximate surface area is 96.1 Å². The van der Waals surface area contributed by atoms with Gasteiger partial charge in [0.05, 0.1) is 13.2 Å². The predicted octanol–water partition coefficient (Wildman–Crippen LogP) is -0.282. The van der Waals surface area contributed by atoms with Crippen molar-refractivity contribution in [3.63, 3.8) is 0 Å². The average Bonchev–Trinajstić information content (AvgIpc) is 2.53. The van der Waals surface area contributed by atoms with Gasteiger partial charge in [0.2, 0.25) is 5.91 Å². The second-order valence-corrected chi connectivity index (χ2v) is 4.03. The van der Waals surface area contributed by atoms with Gasteiger partial charge in [-0.3, -0.25) is 4.79 Å². The molecule has 1 rings (SSSR count). The maximum Gasteiger partial charge on any atom is 0.248 e. The molecule has 0 bridgehead atoms. The molecule has 0 aromatic rings. The smallest absolute Gasteiger partial charge is 0.248 e. The highest BCUT2D eigenvalue weighted by molar-refractivity contribution is 5.90. The number of hydrogen-bond acceptors (Lipinski definition) is 4. The van der Waals surface area contributed by atoms with Gasteiger partial charge in [0.25, 0.3) is 0 Å². The van der Waals surface area contributed by atoms with Crippen LogP contribution in [-0.2, 0) is 9.53 Å². The third-order valence-corrected chi connectivity index (χ3v) is 2.29. The topological polar surface area (TPSA) is 61.8 Å². The minimum atomic E-state index is -0.787. The standard InChI is InChI=1S/C11H20N2O3/c1-9(2)12-5-7-16-8-6-13-10(14)3-4-11(13)15/h3-4,9-10,12,14H,5-8H2,1-2H3. The van der Waals surface area contributed by atoms with Crippen LogP contribution >= 0.6 is 0 Å². The number of amides is 1. The average molecular weight is 228 g/mol. The van der Waals surface area contributed by atoms with E-state index in [0.717, 1.165) is 6.54 Å². The van der Waals surface area contributed by atoms with Gasteiger partial charge in [-0.25, -0.2) is 0 Å². The highest BCUT2D eigenvalue weighted by atomic mass is 16.5. The number of rotatable bonds is 7. The zero-order valence-electron chi connectivity index (χ0n) is 9.85. The second-order valence-electron chi connectivity index (χ2n) is 4.03. The Hall–Kier alpha value is -0.910. The van der Waals surface area contributed by atoms with Gasteiger partial charge in [0.1, 0.15) is 6.23 Å². The van der Waals surface area contributed by atoms with Gasteiger partial charge >= 0.3 is 0 Å². The van der Waals surface area contributed by atoms with Crippen molar-refractivity contribution < 1.29 is 14.6 Å². The van der Waals surface area contributed by atoms with Crippen molar-refractivity contribution in [1.82, 2.24) is 10.2 Å². The van der Waals surface area contributed by atoms with E-state index in [4.69, 9.17) is 4.74 Å². The molecule has 92 valence electrons. The maximum atomic E-state index is 11.2. The molecular formula is C11H20N2O3. The minimum Gasteiger partial charge on any atom is -0.378 e. The Bertz CT molecular complexity index is 254. The lowest BCUT2D eigenvalue weighted by Gasteiger charge is -2.20. The summed E-state index contributed by atoms with van der Waals surface area (Å²) in [5.74, 6) is -0.156. The van der Waals surface area contributed by atoms with Gasteiger partial charge in [0, 0.05) is 25.2 Å². The zero-order chi connectivity index (χ0) is 12.0. The zero-order valence-corrected chi connectivity index (χ0v) is 9.85. The fourth-order valence-electron chi connectivity index (χ4n) is 1.43. The molecule has 0 saturated carbocycles. The van der Waals surface area contributed by atoms with Crippen LogP contribution < -0.4 is 5.32 Å². The molecule has 0 fully saturated rings. The number of nitrogens with one attached hydrogen (secondary N) is 1. The van der Waals surface area contributed by atoms with Crippen LogP contribution in [0.4, 0.5) is 0 Å². The Morgan fingerprint density at radius 3 is 2.88 bits per heavy atom. The summed E-state index contributed by atoms with van der Waals surface area (Å²) in [5, 5.41) is 12.6. The van der Waals surface area contributed by atoms with Crippen molar-refractivity contribution in [1.29, 1.82) is 0 Å². The Balaban J connectivity index is 2.01. The number of carbonyl (C=O) groups is 1. The van der Waals surface area contributed by atoms with E-state index in [1.807, 2.05) is 0 Å². The van der Waals surface area contributed by atoms with E-state index in [-0.39, 0.29) is 5.91 Å². The molecule has 1 unspecified atom stereocenters. The number of carbonyl (C=O) groups excluding carboxylic acids is 1. The highest BCUT2D eigenvalue weighted by Crippen LogP contribution is 2.07. The molecule has 0 aromatic heterocycles. The fraction of sp³-hybridized carbons (Fsp3) is 0.727. The first-order chi connectivity index (χ1) is 7.61. The second kappa shape index (κ2) is 6.62. The molecule has 5 nitrogen and oxygen atoms in total. The first kappa shape index (κ1) is 13.2. The van der Waals surface area contributed by atoms with Crippen LogP contribution in [0.15, 0.2) is 12.2 Å². The van der Waals surface area contributed by atoms with E-state index in [0.29, 0.717) is 25.8 Å². The molecule has 1 atom stereocenters. The SMILES string of the molecule is CC(C)NCCOCCN1C(=O)C=CC1O. The van der Waals surface area contributed by atoms with Crippen LogP contribution in [0.2, 0.25) is 0 Å². The minimum absolute atomic E-state index is 0.156. The van der Waals surface area contributed by atoms with Crippen molar-refractivity contribution in [2.75, 3.05) is 26.3 Å². The normalized spacial score (nSPS) is 20.1. The number of hydrogen-bond donors (Lipinski definition) is 2. The van der Waals surface area contributed by atoms with Gasteiger partial charge < -0.3 is 20.1 Å². The monoisotopic (exact) mass is 228 g/mol. The first-order valence-corrected chi connectivity index (χ1v) is 5.59. The lowest BCUT2D eigenvalue weighted by atomic mass is 10.4. The van der Waals surface area contributed by atoms with Crippen LogP contribution in [0.5, 0.6) is 0 Å². The molecule has 1 heterocycles. The predicted molar refractivity (Wildman–Crippen MR) is 60.8 cm³/mol. The highest BCUT2D eigenvalue weighted by Gasteiger charge is 2.22. The number of aliphatic hydroxyl groups excluding tert-OH is 1. The molecule has 0 aliphatic carbocycles. The van der Waals surface area contributed by atoms with Gasteiger partial charge in [0.15, 0.2) is 0 Å². The number of aliphatic hydroxyl groups is 1. The van der Waals surface area contributed by atoms with Crippen LogP contribution in [-0.4, -0.2) is 54.5 Å². The van der Waals surface area contributed by atoms with Crippen LogP contribution in [0.3, 0.4) is 0 Å². The Kier molecular flexibility index (Phi) is 5.45. The molecule has 2 N–H and O–H groups in total. The fourth-order valence-corrected chi connectivity index (χ4v) is 1.43. The van der Waals surface area contributed by atoms with Crippen LogP contribution in [0.25, 0.3) is 0 Å². The quantitative estimate of drug-likeness (QED) is 0.588. The van der Waals surface area contributed by atoms with Gasteiger partial charge in [-0.15, -0.1) is 0 Å². The third-order valence-electron chi connectivity index (χ3n) is 2.29.